The number of nitrogens with zero attached hydrogens (tertiary/aromatic N) is 1. The van der Waals surface area contributed by atoms with E-state index in [9.17, 15) is 4.79 Å². The number of halogens is 1. The molecule has 0 atom stereocenters. The number of rotatable bonds is 5. The van der Waals surface area contributed by atoms with Gasteiger partial charge in [-0.2, -0.15) is 0 Å². The molecule has 1 saturated carbocycles. The number of aromatic nitrogens is 1. The minimum absolute atomic E-state index is 0.0328. The average molecular weight is 358 g/mol. The van der Waals surface area contributed by atoms with Gasteiger partial charge in [0.25, 0.3) is 5.91 Å². The Morgan fingerprint density at radius 3 is 2.52 bits per heavy atom. The fraction of sp³-hybridized carbons (Fsp3) is 0.400. The molecule has 3 rings (SSSR count). The fourth-order valence-electron chi connectivity index (χ4n) is 3.16. The summed E-state index contributed by atoms with van der Waals surface area (Å²) in [6, 6.07) is 9.84. The quantitative estimate of drug-likeness (QED) is 0.756. The summed E-state index contributed by atoms with van der Waals surface area (Å²) in [4.78, 5) is 16.7. The summed E-state index contributed by atoms with van der Waals surface area (Å²) >= 11 is 5.90. The van der Waals surface area contributed by atoms with Gasteiger partial charge < -0.3 is 10.6 Å². The van der Waals surface area contributed by atoms with Gasteiger partial charge in [-0.25, -0.2) is 0 Å². The molecule has 4 nitrogen and oxygen atoms in total. The molecule has 1 aromatic carbocycles. The first-order valence-electron chi connectivity index (χ1n) is 8.95. The molecule has 1 amide bonds. The van der Waals surface area contributed by atoms with Crippen molar-refractivity contribution in [3.63, 3.8) is 0 Å². The molecule has 1 aliphatic rings. The zero-order valence-corrected chi connectivity index (χ0v) is 15.1. The van der Waals surface area contributed by atoms with Crippen molar-refractivity contribution in [3.8, 4) is 0 Å². The van der Waals surface area contributed by atoms with E-state index in [4.69, 9.17) is 11.6 Å². The molecule has 2 N–H and O–H groups in total. The monoisotopic (exact) mass is 357 g/mol. The van der Waals surface area contributed by atoms with Gasteiger partial charge in [0.2, 0.25) is 0 Å². The predicted octanol–water partition coefficient (Wildman–Crippen LogP) is 4.80. The Balaban J connectivity index is 1.58. The molecule has 1 fully saturated rings. The minimum atomic E-state index is -0.0328. The Kier molecular flexibility index (Phi) is 6.29. The third-order valence-corrected chi connectivity index (χ3v) is 4.85. The highest BCUT2D eigenvalue weighted by molar-refractivity contribution is 6.30. The van der Waals surface area contributed by atoms with Crippen LogP contribution in [-0.2, 0) is 6.54 Å². The van der Waals surface area contributed by atoms with Crippen LogP contribution in [0.1, 0.15) is 54.4 Å². The Morgan fingerprint density at radius 1 is 1.08 bits per heavy atom. The Labute approximate surface area is 154 Å². The van der Waals surface area contributed by atoms with Crippen LogP contribution in [0.2, 0.25) is 5.02 Å². The van der Waals surface area contributed by atoms with Crippen molar-refractivity contribution in [1.29, 1.82) is 0 Å². The summed E-state index contributed by atoms with van der Waals surface area (Å²) in [6.45, 7) is 0.659. The molecule has 0 spiro atoms. The van der Waals surface area contributed by atoms with Crippen molar-refractivity contribution in [2.75, 3.05) is 5.32 Å². The highest BCUT2D eigenvalue weighted by Gasteiger charge is 2.16. The van der Waals surface area contributed by atoms with E-state index in [2.05, 4.69) is 15.6 Å². The molecule has 1 aliphatic carbocycles. The lowest BCUT2D eigenvalue weighted by atomic mass is 10.1. The van der Waals surface area contributed by atoms with E-state index in [1.165, 1.54) is 25.7 Å². The second kappa shape index (κ2) is 8.86. The molecule has 1 aromatic heterocycles. The minimum Gasteiger partial charge on any atom is -0.380 e. The Morgan fingerprint density at radius 2 is 1.80 bits per heavy atom. The molecule has 0 unspecified atom stereocenters. The number of hydrogen-bond acceptors (Lipinski definition) is 3. The first kappa shape index (κ1) is 17.7. The van der Waals surface area contributed by atoms with Crippen LogP contribution in [0.25, 0.3) is 0 Å². The zero-order valence-electron chi connectivity index (χ0n) is 14.3. The van der Waals surface area contributed by atoms with Gasteiger partial charge in [-0.15, -0.1) is 0 Å². The topological polar surface area (TPSA) is 54.0 Å². The van der Waals surface area contributed by atoms with E-state index in [0.717, 1.165) is 29.1 Å². The fourth-order valence-corrected chi connectivity index (χ4v) is 3.29. The number of carbonyl (C=O) groups is 1. The second-order valence-electron chi connectivity index (χ2n) is 6.60. The summed E-state index contributed by atoms with van der Waals surface area (Å²) in [6.07, 6.45) is 10.5. The maximum absolute atomic E-state index is 12.5. The van der Waals surface area contributed by atoms with E-state index >= 15 is 0 Å². The SMILES string of the molecule is O=C(NC1CCCCCC1)c1cncc(NCc2ccc(Cl)cc2)c1. The van der Waals surface area contributed by atoms with Crippen molar-refractivity contribution < 1.29 is 4.79 Å². The van der Waals surface area contributed by atoms with Crippen LogP contribution in [0.15, 0.2) is 42.7 Å². The maximum Gasteiger partial charge on any atom is 0.253 e. The number of pyridine rings is 1. The van der Waals surface area contributed by atoms with Crippen molar-refractivity contribution in [1.82, 2.24) is 10.3 Å². The van der Waals surface area contributed by atoms with Crippen molar-refractivity contribution in [2.45, 2.75) is 51.1 Å². The largest absolute Gasteiger partial charge is 0.380 e. The average Bonchev–Trinajstić information content (AvgIpc) is 2.90. The molecule has 0 saturated heterocycles. The van der Waals surface area contributed by atoms with E-state index in [0.29, 0.717) is 18.2 Å². The van der Waals surface area contributed by atoms with Crippen LogP contribution in [0, 0.1) is 0 Å². The van der Waals surface area contributed by atoms with Crippen LogP contribution >= 0.6 is 11.6 Å². The molecule has 0 aliphatic heterocycles. The van der Waals surface area contributed by atoms with Crippen LogP contribution in [-0.4, -0.2) is 16.9 Å². The lowest BCUT2D eigenvalue weighted by Crippen LogP contribution is -2.34. The van der Waals surface area contributed by atoms with Crippen LogP contribution in [0.3, 0.4) is 0 Å². The number of hydrogen-bond donors (Lipinski definition) is 2. The van der Waals surface area contributed by atoms with Gasteiger partial charge in [0.15, 0.2) is 0 Å². The van der Waals surface area contributed by atoms with Crippen molar-refractivity contribution >= 4 is 23.2 Å². The van der Waals surface area contributed by atoms with E-state index in [-0.39, 0.29) is 5.91 Å². The molecular weight excluding hydrogens is 334 g/mol. The van der Waals surface area contributed by atoms with Gasteiger partial charge in [-0.3, -0.25) is 9.78 Å². The molecule has 25 heavy (non-hydrogen) atoms. The van der Waals surface area contributed by atoms with Gasteiger partial charge in [0.1, 0.15) is 0 Å². The van der Waals surface area contributed by atoms with Crippen LogP contribution in [0.5, 0.6) is 0 Å². The first-order valence-corrected chi connectivity index (χ1v) is 9.33. The number of amides is 1. The highest BCUT2D eigenvalue weighted by atomic mass is 35.5. The standard InChI is InChI=1S/C20H24ClN3O/c21-17-9-7-15(8-10-17)12-23-19-11-16(13-22-14-19)20(25)24-18-5-3-1-2-4-6-18/h7-11,13-14,18,23H,1-6,12H2,(H,24,25). The van der Waals surface area contributed by atoms with Gasteiger partial charge >= 0.3 is 0 Å². The van der Waals surface area contributed by atoms with E-state index in [1.807, 2.05) is 30.3 Å². The molecule has 0 radical (unpaired) electrons. The zero-order chi connectivity index (χ0) is 17.5. The summed E-state index contributed by atoms with van der Waals surface area (Å²) in [5.41, 5.74) is 2.56. The lowest BCUT2D eigenvalue weighted by Gasteiger charge is -2.16. The number of benzene rings is 1. The first-order chi connectivity index (χ1) is 12.2. The van der Waals surface area contributed by atoms with E-state index < -0.39 is 0 Å². The molecule has 1 heterocycles. The summed E-state index contributed by atoms with van der Waals surface area (Å²) in [5, 5.41) is 7.19. The molecule has 5 heteroatoms. The van der Waals surface area contributed by atoms with Crippen molar-refractivity contribution in [2.24, 2.45) is 0 Å². The molecule has 0 bridgehead atoms. The highest BCUT2D eigenvalue weighted by Crippen LogP contribution is 2.18. The second-order valence-corrected chi connectivity index (χ2v) is 7.04. The van der Waals surface area contributed by atoms with Gasteiger partial charge in [0.05, 0.1) is 11.3 Å². The summed E-state index contributed by atoms with van der Waals surface area (Å²) in [7, 11) is 0. The third kappa shape index (κ3) is 5.46. The maximum atomic E-state index is 12.5. The summed E-state index contributed by atoms with van der Waals surface area (Å²) in [5.74, 6) is -0.0328. The predicted molar refractivity (Wildman–Crippen MR) is 102 cm³/mol. The van der Waals surface area contributed by atoms with Crippen LogP contribution < -0.4 is 10.6 Å². The number of anilines is 1. The molecular formula is C20H24ClN3O. The van der Waals surface area contributed by atoms with Crippen LogP contribution in [0.4, 0.5) is 5.69 Å². The number of carbonyl (C=O) groups excluding carboxylic acids is 1. The van der Waals surface area contributed by atoms with Gasteiger partial charge in [-0.05, 0) is 36.6 Å². The van der Waals surface area contributed by atoms with Gasteiger partial charge in [-0.1, -0.05) is 49.4 Å². The molecule has 2 aromatic rings. The summed E-state index contributed by atoms with van der Waals surface area (Å²) < 4.78 is 0. The van der Waals surface area contributed by atoms with E-state index in [1.54, 1.807) is 12.4 Å². The Bertz CT molecular complexity index is 694. The third-order valence-electron chi connectivity index (χ3n) is 4.60. The molecule has 132 valence electrons. The Hall–Kier alpha value is -2.07. The van der Waals surface area contributed by atoms with Gasteiger partial charge in [0, 0.05) is 30.0 Å². The number of nitrogens with one attached hydrogen (secondary N) is 2. The lowest BCUT2D eigenvalue weighted by molar-refractivity contribution is 0.0933. The smallest absolute Gasteiger partial charge is 0.253 e. The normalized spacial score (nSPS) is 15.4. The van der Waals surface area contributed by atoms with Crippen molar-refractivity contribution in [3.05, 3.63) is 58.9 Å².